The van der Waals surface area contributed by atoms with E-state index >= 15 is 0 Å². The molecule has 1 rings (SSSR count). The van der Waals surface area contributed by atoms with Crippen molar-refractivity contribution < 1.29 is 9.59 Å². The van der Waals surface area contributed by atoms with Crippen molar-refractivity contribution >= 4 is 23.0 Å². The first-order valence-corrected chi connectivity index (χ1v) is 5.84. The maximum Gasteiger partial charge on any atom is 0.261 e. The number of amides is 1. The van der Waals surface area contributed by atoms with E-state index in [1.807, 2.05) is 13.8 Å². The number of carbonyl (C=O) groups excluding carboxylic acids is 2. The molecule has 1 aromatic heterocycles. The largest absolute Gasteiger partial charge is 0.350 e. The highest BCUT2D eigenvalue weighted by Gasteiger charge is 2.15. The SMILES string of the molecule is CC(=O)c1csc(C(=O)NCC(C)(C)N)c1. The normalized spacial score (nSPS) is 11.2. The van der Waals surface area contributed by atoms with Crippen molar-refractivity contribution in [3.05, 3.63) is 21.9 Å². The molecule has 0 bridgehead atoms. The molecule has 0 aliphatic rings. The minimum atomic E-state index is -0.434. The highest BCUT2D eigenvalue weighted by Crippen LogP contribution is 2.15. The van der Waals surface area contributed by atoms with Gasteiger partial charge in [0.1, 0.15) is 0 Å². The molecule has 0 unspecified atom stereocenters. The molecule has 0 atom stereocenters. The zero-order valence-corrected chi connectivity index (χ0v) is 10.5. The quantitative estimate of drug-likeness (QED) is 0.782. The van der Waals surface area contributed by atoms with Crippen LogP contribution < -0.4 is 11.1 Å². The maximum absolute atomic E-state index is 11.7. The van der Waals surface area contributed by atoms with Crippen molar-refractivity contribution in [2.24, 2.45) is 5.73 Å². The molecule has 5 heteroatoms. The zero-order valence-electron chi connectivity index (χ0n) is 9.66. The average Bonchev–Trinajstić information content (AvgIpc) is 2.61. The van der Waals surface area contributed by atoms with Gasteiger partial charge < -0.3 is 11.1 Å². The molecule has 0 radical (unpaired) electrons. The van der Waals surface area contributed by atoms with Gasteiger partial charge in [-0.2, -0.15) is 0 Å². The van der Waals surface area contributed by atoms with Crippen LogP contribution in [-0.2, 0) is 0 Å². The molecule has 0 fully saturated rings. The van der Waals surface area contributed by atoms with Gasteiger partial charge in [0, 0.05) is 23.0 Å². The molecule has 1 heterocycles. The van der Waals surface area contributed by atoms with E-state index < -0.39 is 5.54 Å². The third kappa shape index (κ3) is 3.75. The van der Waals surface area contributed by atoms with Crippen LogP contribution in [0.5, 0.6) is 0 Å². The molecule has 88 valence electrons. The predicted octanol–water partition coefficient (Wildman–Crippen LogP) is 1.42. The molecule has 0 aromatic carbocycles. The van der Waals surface area contributed by atoms with Crippen LogP contribution in [0.4, 0.5) is 0 Å². The van der Waals surface area contributed by atoms with Gasteiger partial charge in [-0.25, -0.2) is 0 Å². The lowest BCUT2D eigenvalue weighted by Gasteiger charge is -2.18. The van der Waals surface area contributed by atoms with Crippen molar-refractivity contribution in [2.45, 2.75) is 26.3 Å². The molecule has 0 spiro atoms. The van der Waals surface area contributed by atoms with E-state index in [-0.39, 0.29) is 11.7 Å². The summed E-state index contributed by atoms with van der Waals surface area (Å²) < 4.78 is 0. The Morgan fingerprint density at radius 3 is 2.56 bits per heavy atom. The number of Topliss-reactive ketones (excluding diaryl/α,β-unsaturated/α-hetero) is 1. The summed E-state index contributed by atoms with van der Waals surface area (Å²) in [6, 6.07) is 1.60. The van der Waals surface area contributed by atoms with E-state index in [1.54, 1.807) is 11.4 Å². The number of nitrogens with two attached hydrogens (primary N) is 1. The van der Waals surface area contributed by atoms with Crippen molar-refractivity contribution in [2.75, 3.05) is 6.54 Å². The Balaban J connectivity index is 2.63. The highest BCUT2D eigenvalue weighted by molar-refractivity contribution is 7.12. The lowest BCUT2D eigenvalue weighted by Crippen LogP contribution is -2.44. The molecule has 0 aliphatic heterocycles. The van der Waals surface area contributed by atoms with E-state index in [4.69, 9.17) is 5.73 Å². The number of ketones is 1. The summed E-state index contributed by atoms with van der Waals surface area (Å²) in [5, 5.41) is 4.41. The summed E-state index contributed by atoms with van der Waals surface area (Å²) in [7, 11) is 0. The fourth-order valence-electron chi connectivity index (χ4n) is 1.04. The number of hydrogen-bond donors (Lipinski definition) is 2. The molecular weight excluding hydrogens is 224 g/mol. The van der Waals surface area contributed by atoms with Crippen molar-refractivity contribution in [1.29, 1.82) is 0 Å². The van der Waals surface area contributed by atoms with Gasteiger partial charge in [0.25, 0.3) is 5.91 Å². The molecule has 1 amide bonds. The Labute approximate surface area is 98.8 Å². The zero-order chi connectivity index (χ0) is 12.3. The highest BCUT2D eigenvalue weighted by atomic mass is 32.1. The third-order valence-corrected chi connectivity index (χ3v) is 2.86. The summed E-state index contributed by atoms with van der Waals surface area (Å²) >= 11 is 1.26. The van der Waals surface area contributed by atoms with Gasteiger partial charge in [-0.3, -0.25) is 9.59 Å². The van der Waals surface area contributed by atoms with Gasteiger partial charge in [-0.1, -0.05) is 0 Å². The molecule has 1 aromatic rings. The summed E-state index contributed by atoms with van der Waals surface area (Å²) in [6.07, 6.45) is 0. The molecular formula is C11H16N2O2S. The standard InChI is InChI=1S/C11H16N2O2S/c1-7(14)8-4-9(16-5-8)10(15)13-6-11(2,3)12/h4-5H,6,12H2,1-3H3,(H,13,15). The van der Waals surface area contributed by atoms with Gasteiger partial charge in [0.05, 0.1) is 4.88 Å². The van der Waals surface area contributed by atoms with Crippen molar-refractivity contribution in [1.82, 2.24) is 5.32 Å². The number of carbonyl (C=O) groups is 2. The number of thiophene rings is 1. The van der Waals surface area contributed by atoms with Crippen LogP contribution in [0.1, 0.15) is 40.8 Å². The van der Waals surface area contributed by atoms with Crippen LogP contribution in [0, 0.1) is 0 Å². The van der Waals surface area contributed by atoms with Gasteiger partial charge in [-0.15, -0.1) is 11.3 Å². The molecule has 0 aliphatic carbocycles. The lowest BCUT2D eigenvalue weighted by atomic mass is 10.1. The summed E-state index contributed by atoms with van der Waals surface area (Å²) in [5.41, 5.74) is 5.89. The summed E-state index contributed by atoms with van der Waals surface area (Å²) in [4.78, 5) is 23.2. The smallest absolute Gasteiger partial charge is 0.261 e. The van der Waals surface area contributed by atoms with Gasteiger partial charge in [0.15, 0.2) is 5.78 Å². The topological polar surface area (TPSA) is 72.2 Å². The minimum Gasteiger partial charge on any atom is -0.350 e. The van der Waals surface area contributed by atoms with Gasteiger partial charge in [-0.05, 0) is 26.8 Å². The van der Waals surface area contributed by atoms with E-state index in [1.165, 1.54) is 18.3 Å². The fraction of sp³-hybridized carbons (Fsp3) is 0.455. The second-order valence-corrected chi connectivity index (χ2v) is 5.34. The number of rotatable bonds is 4. The average molecular weight is 240 g/mol. The van der Waals surface area contributed by atoms with Crippen molar-refractivity contribution in [3.8, 4) is 0 Å². The minimum absolute atomic E-state index is 0.0329. The Kier molecular flexibility index (Phi) is 3.83. The summed E-state index contributed by atoms with van der Waals surface area (Å²) in [6.45, 7) is 5.55. The molecule has 0 saturated carbocycles. The van der Waals surface area contributed by atoms with Gasteiger partial charge >= 0.3 is 0 Å². The van der Waals surface area contributed by atoms with Crippen LogP contribution in [0.15, 0.2) is 11.4 Å². The van der Waals surface area contributed by atoms with E-state index in [0.717, 1.165) is 0 Å². The maximum atomic E-state index is 11.7. The molecule has 16 heavy (non-hydrogen) atoms. The van der Waals surface area contributed by atoms with E-state index in [0.29, 0.717) is 17.0 Å². The van der Waals surface area contributed by atoms with E-state index in [2.05, 4.69) is 5.32 Å². The molecule has 0 saturated heterocycles. The van der Waals surface area contributed by atoms with E-state index in [9.17, 15) is 9.59 Å². The van der Waals surface area contributed by atoms with Crippen molar-refractivity contribution in [3.63, 3.8) is 0 Å². The van der Waals surface area contributed by atoms with Gasteiger partial charge in [0.2, 0.25) is 0 Å². The Morgan fingerprint density at radius 1 is 1.50 bits per heavy atom. The predicted molar refractivity (Wildman–Crippen MR) is 64.9 cm³/mol. The van der Waals surface area contributed by atoms with Crippen LogP contribution >= 0.6 is 11.3 Å². The number of nitrogens with one attached hydrogen (secondary N) is 1. The Bertz CT molecular complexity index is 404. The number of hydrogen-bond acceptors (Lipinski definition) is 4. The van der Waals surface area contributed by atoms with Crippen LogP contribution in [0.2, 0.25) is 0 Å². The lowest BCUT2D eigenvalue weighted by molar-refractivity contribution is 0.0950. The van der Waals surface area contributed by atoms with Crippen LogP contribution in [0.3, 0.4) is 0 Å². The fourth-order valence-corrected chi connectivity index (χ4v) is 1.90. The third-order valence-electron chi connectivity index (χ3n) is 1.93. The first kappa shape index (κ1) is 12.9. The van der Waals surface area contributed by atoms with Crippen LogP contribution in [-0.4, -0.2) is 23.8 Å². The first-order chi connectivity index (χ1) is 7.29. The second-order valence-electron chi connectivity index (χ2n) is 4.43. The molecule has 3 N–H and O–H groups in total. The molecule has 4 nitrogen and oxygen atoms in total. The monoisotopic (exact) mass is 240 g/mol. The van der Waals surface area contributed by atoms with Crippen LogP contribution in [0.25, 0.3) is 0 Å². The summed E-state index contributed by atoms with van der Waals surface area (Å²) in [5.74, 6) is -0.217. The first-order valence-electron chi connectivity index (χ1n) is 4.96. The second kappa shape index (κ2) is 4.76. The Hall–Kier alpha value is -1.20. The Morgan fingerprint density at radius 2 is 2.12 bits per heavy atom.